The van der Waals surface area contributed by atoms with Gasteiger partial charge in [0.15, 0.2) is 5.82 Å². The fourth-order valence-corrected chi connectivity index (χ4v) is 1.88. The third-order valence-electron chi connectivity index (χ3n) is 2.34. The van der Waals surface area contributed by atoms with Crippen LogP contribution in [0.25, 0.3) is 11.5 Å². The van der Waals surface area contributed by atoms with Crippen LogP contribution in [0, 0.1) is 0 Å². The zero-order valence-corrected chi connectivity index (χ0v) is 12.3. The van der Waals surface area contributed by atoms with E-state index < -0.39 is 0 Å². The summed E-state index contributed by atoms with van der Waals surface area (Å²) in [4.78, 5) is 16.7. The fraction of sp³-hybridized carbons (Fsp3) is 0.333. The van der Waals surface area contributed by atoms with Crippen LogP contribution in [0.2, 0.25) is 10.0 Å². The summed E-state index contributed by atoms with van der Waals surface area (Å²) in [6.07, 6.45) is 1.49. The molecule has 0 radical (unpaired) electrons. The van der Waals surface area contributed by atoms with E-state index in [-0.39, 0.29) is 11.4 Å². The molecule has 0 aromatic carbocycles. The molecule has 19 heavy (non-hydrogen) atoms. The fourth-order valence-electron chi connectivity index (χ4n) is 1.41. The number of nitrogen functional groups attached to an aromatic ring is 1. The second kappa shape index (κ2) is 4.90. The van der Waals surface area contributed by atoms with E-state index in [4.69, 9.17) is 28.9 Å². The van der Waals surface area contributed by atoms with Crippen molar-refractivity contribution in [3.63, 3.8) is 0 Å². The van der Waals surface area contributed by atoms with Crippen LogP contribution in [0.3, 0.4) is 0 Å². The summed E-state index contributed by atoms with van der Waals surface area (Å²) in [5.41, 5.74) is 5.90. The van der Waals surface area contributed by atoms with E-state index in [2.05, 4.69) is 19.9 Å². The summed E-state index contributed by atoms with van der Waals surface area (Å²) in [6, 6.07) is 1.59. The maximum Gasteiger partial charge on any atom is 0.223 e. The number of halogens is 2. The van der Waals surface area contributed by atoms with Crippen molar-refractivity contribution in [3.8, 4) is 11.5 Å². The first-order valence-electron chi connectivity index (χ1n) is 5.61. The lowest BCUT2D eigenvalue weighted by Crippen LogP contribution is -2.18. The minimum atomic E-state index is -0.245. The van der Waals surface area contributed by atoms with E-state index in [1.807, 2.05) is 20.8 Å². The Morgan fingerprint density at radius 2 is 1.79 bits per heavy atom. The molecule has 7 heteroatoms. The van der Waals surface area contributed by atoms with Crippen molar-refractivity contribution >= 4 is 29.2 Å². The second-order valence-electron chi connectivity index (χ2n) is 5.07. The molecule has 0 spiro atoms. The monoisotopic (exact) mass is 297 g/mol. The third-order valence-corrected chi connectivity index (χ3v) is 2.84. The van der Waals surface area contributed by atoms with Gasteiger partial charge in [0.25, 0.3) is 0 Å². The number of aromatic nitrogens is 4. The largest absolute Gasteiger partial charge is 0.368 e. The Hall–Kier alpha value is -1.46. The Labute approximate surface area is 121 Å². The van der Waals surface area contributed by atoms with Crippen molar-refractivity contribution in [2.75, 3.05) is 5.73 Å². The van der Waals surface area contributed by atoms with Gasteiger partial charge < -0.3 is 5.73 Å². The Bertz CT molecular complexity index is 622. The molecule has 0 aliphatic rings. The zero-order valence-electron chi connectivity index (χ0n) is 10.8. The topological polar surface area (TPSA) is 77.6 Å². The van der Waals surface area contributed by atoms with Crippen LogP contribution in [0.1, 0.15) is 26.6 Å². The van der Waals surface area contributed by atoms with Crippen LogP contribution in [0.4, 0.5) is 5.95 Å². The van der Waals surface area contributed by atoms with Crippen molar-refractivity contribution in [3.05, 3.63) is 28.1 Å². The first-order chi connectivity index (χ1) is 8.77. The molecule has 0 atom stereocenters. The molecule has 2 heterocycles. The first kappa shape index (κ1) is 14.0. The summed E-state index contributed by atoms with van der Waals surface area (Å²) < 4.78 is 0. The van der Waals surface area contributed by atoms with Gasteiger partial charge in [0.2, 0.25) is 5.95 Å². The second-order valence-corrected chi connectivity index (χ2v) is 5.92. The standard InChI is InChI=1S/C12H13Cl2N5/c1-12(2,3)10-17-9(18-11(15)19-10)8-7(14)4-6(13)5-16-8/h4-5H,1-3H3,(H2,15,17,18,19). The normalized spacial score (nSPS) is 11.6. The van der Waals surface area contributed by atoms with Crippen LogP contribution >= 0.6 is 23.2 Å². The minimum absolute atomic E-state index is 0.141. The molecule has 0 unspecified atom stereocenters. The number of nitrogens with two attached hydrogens (primary N) is 1. The van der Waals surface area contributed by atoms with Crippen molar-refractivity contribution in [1.29, 1.82) is 0 Å². The van der Waals surface area contributed by atoms with Crippen LogP contribution < -0.4 is 5.73 Å². The number of anilines is 1. The highest BCUT2D eigenvalue weighted by molar-refractivity contribution is 6.35. The van der Waals surface area contributed by atoms with E-state index >= 15 is 0 Å². The van der Waals surface area contributed by atoms with Gasteiger partial charge >= 0.3 is 0 Å². The number of hydrogen-bond donors (Lipinski definition) is 1. The molecule has 0 saturated carbocycles. The minimum Gasteiger partial charge on any atom is -0.368 e. The quantitative estimate of drug-likeness (QED) is 0.875. The maximum absolute atomic E-state index is 6.09. The van der Waals surface area contributed by atoms with E-state index in [9.17, 15) is 0 Å². The van der Waals surface area contributed by atoms with E-state index in [0.717, 1.165) is 0 Å². The third kappa shape index (κ3) is 3.11. The summed E-state index contributed by atoms with van der Waals surface area (Å²) in [5, 5.41) is 0.824. The van der Waals surface area contributed by atoms with Gasteiger partial charge in [0.1, 0.15) is 11.5 Å². The van der Waals surface area contributed by atoms with Crippen LogP contribution in [0.5, 0.6) is 0 Å². The van der Waals surface area contributed by atoms with Gasteiger partial charge in [0.05, 0.1) is 10.0 Å². The maximum atomic E-state index is 6.09. The predicted octanol–water partition coefficient (Wildman–Crippen LogP) is 3.12. The number of nitrogens with zero attached hydrogens (tertiary/aromatic N) is 4. The summed E-state index contributed by atoms with van der Waals surface area (Å²) in [5.74, 6) is 1.07. The first-order valence-corrected chi connectivity index (χ1v) is 6.36. The average Bonchev–Trinajstić information content (AvgIpc) is 2.26. The van der Waals surface area contributed by atoms with Gasteiger partial charge in [0, 0.05) is 11.6 Å². The van der Waals surface area contributed by atoms with Crippen molar-refractivity contribution in [2.45, 2.75) is 26.2 Å². The van der Waals surface area contributed by atoms with E-state index in [1.165, 1.54) is 6.20 Å². The van der Waals surface area contributed by atoms with Gasteiger partial charge in [-0.05, 0) is 6.07 Å². The number of hydrogen-bond acceptors (Lipinski definition) is 5. The molecule has 0 aliphatic carbocycles. The molecule has 2 rings (SSSR count). The molecule has 0 saturated heterocycles. The van der Waals surface area contributed by atoms with E-state index in [1.54, 1.807) is 6.07 Å². The van der Waals surface area contributed by atoms with Crippen molar-refractivity contribution in [1.82, 2.24) is 19.9 Å². The Morgan fingerprint density at radius 1 is 1.11 bits per heavy atom. The molecule has 0 fully saturated rings. The van der Waals surface area contributed by atoms with Gasteiger partial charge in [-0.3, -0.25) is 0 Å². The van der Waals surface area contributed by atoms with Gasteiger partial charge in [-0.1, -0.05) is 44.0 Å². The lowest BCUT2D eigenvalue weighted by molar-refractivity contribution is 0.544. The van der Waals surface area contributed by atoms with Crippen LogP contribution in [0.15, 0.2) is 12.3 Å². The lowest BCUT2D eigenvalue weighted by Gasteiger charge is -2.17. The highest BCUT2D eigenvalue weighted by Crippen LogP contribution is 2.27. The smallest absolute Gasteiger partial charge is 0.223 e. The number of pyridine rings is 1. The molecule has 0 bridgehead atoms. The molecular formula is C12H13Cl2N5. The van der Waals surface area contributed by atoms with Crippen molar-refractivity contribution < 1.29 is 0 Å². The Balaban J connectivity index is 2.59. The zero-order chi connectivity index (χ0) is 14.2. The van der Waals surface area contributed by atoms with Crippen LogP contribution in [-0.2, 0) is 5.41 Å². The Morgan fingerprint density at radius 3 is 2.37 bits per heavy atom. The molecule has 2 N–H and O–H groups in total. The molecule has 0 amide bonds. The highest BCUT2D eigenvalue weighted by Gasteiger charge is 2.21. The van der Waals surface area contributed by atoms with Gasteiger partial charge in [-0.15, -0.1) is 0 Å². The van der Waals surface area contributed by atoms with Crippen LogP contribution in [-0.4, -0.2) is 19.9 Å². The van der Waals surface area contributed by atoms with Crippen molar-refractivity contribution in [2.24, 2.45) is 0 Å². The SMILES string of the molecule is CC(C)(C)c1nc(N)nc(-c2ncc(Cl)cc2Cl)n1. The summed E-state index contributed by atoms with van der Waals surface area (Å²) in [6.45, 7) is 5.97. The average molecular weight is 298 g/mol. The Kier molecular flexibility index (Phi) is 3.60. The molecule has 0 aliphatic heterocycles. The van der Waals surface area contributed by atoms with Gasteiger partial charge in [-0.25, -0.2) is 9.97 Å². The molecule has 100 valence electrons. The number of rotatable bonds is 1. The van der Waals surface area contributed by atoms with E-state index in [0.29, 0.717) is 27.4 Å². The highest BCUT2D eigenvalue weighted by atomic mass is 35.5. The predicted molar refractivity (Wildman–Crippen MR) is 76.2 cm³/mol. The summed E-state index contributed by atoms with van der Waals surface area (Å²) in [7, 11) is 0. The summed E-state index contributed by atoms with van der Waals surface area (Å²) >= 11 is 11.9. The molecular weight excluding hydrogens is 285 g/mol. The molecule has 2 aromatic heterocycles. The molecule has 5 nitrogen and oxygen atoms in total. The van der Waals surface area contributed by atoms with Gasteiger partial charge in [-0.2, -0.15) is 9.97 Å². The lowest BCUT2D eigenvalue weighted by atomic mass is 9.96. The molecule has 2 aromatic rings.